The first kappa shape index (κ1) is 28.3. The van der Waals surface area contributed by atoms with Crippen LogP contribution in [0.15, 0.2) is 36.4 Å². The lowest BCUT2D eigenvalue weighted by Gasteiger charge is -2.32. The maximum Gasteiger partial charge on any atom is 0.319 e. The molecule has 200 valence electrons. The summed E-state index contributed by atoms with van der Waals surface area (Å²) in [4.78, 5) is 27.2. The fourth-order valence-electron chi connectivity index (χ4n) is 4.81. The van der Waals surface area contributed by atoms with Crippen LogP contribution in [-0.2, 0) is 4.79 Å². The van der Waals surface area contributed by atoms with Crippen molar-refractivity contribution < 1.29 is 9.59 Å². The lowest BCUT2D eigenvalue weighted by atomic mass is 10.0. The van der Waals surface area contributed by atoms with E-state index in [9.17, 15) is 9.59 Å². The molecule has 1 saturated carbocycles. The summed E-state index contributed by atoms with van der Waals surface area (Å²) in [5.41, 5.74) is 1.63. The van der Waals surface area contributed by atoms with Gasteiger partial charge >= 0.3 is 6.03 Å². The number of benzene rings is 2. The van der Waals surface area contributed by atoms with Crippen LogP contribution in [0.25, 0.3) is 0 Å². The van der Waals surface area contributed by atoms with Crippen LogP contribution < -0.4 is 16.0 Å². The van der Waals surface area contributed by atoms with Crippen LogP contribution in [-0.4, -0.2) is 49.1 Å². The van der Waals surface area contributed by atoms with Crippen LogP contribution in [0.1, 0.15) is 50.0 Å². The molecule has 0 unspecified atom stereocenters. The van der Waals surface area contributed by atoms with Crippen LogP contribution in [0.5, 0.6) is 0 Å². The van der Waals surface area contributed by atoms with Crippen molar-refractivity contribution in [3.8, 4) is 0 Å². The maximum atomic E-state index is 12.4. The molecular weight excluding hydrogens is 554 g/mol. The van der Waals surface area contributed by atoms with Crippen molar-refractivity contribution in [3.05, 3.63) is 62.1 Å². The third-order valence-electron chi connectivity index (χ3n) is 7.05. The van der Waals surface area contributed by atoms with Crippen LogP contribution in [0.3, 0.4) is 0 Å². The number of nitrogens with one attached hydrogen (secondary N) is 3. The predicted octanol–water partition coefficient (Wildman–Crippen LogP) is 6.98. The highest BCUT2D eigenvalue weighted by Gasteiger charge is 2.43. The molecule has 2 aromatic rings. The van der Waals surface area contributed by atoms with Gasteiger partial charge in [-0.05, 0) is 80.5 Å². The number of anilines is 1. The molecule has 10 heteroatoms. The second-order valence-electron chi connectivity index (χ2n) is 9.81. The van der Waals surface area contributed by atoms with E-state index in [1.165, 1.54) is 0 Å². The zero-order valence-electron chi connectivity index (χ0n) is 20.5. The van der Waals surface area contributed by atoms with Crippen molar-refractivity contribution in [1.29, 1.82) is 0 Å². The first-order chi connectivity index (χ1) is 17.8. The van der Waals surface area contributed by atoms with Gasteiger partial charge in [-0.15, -0.1) is 0 Å². The van der Waals surface area contributed by atoms with E-state index in [0.717, 1.165) is 63.7 Å². The molecule has 2 atom stereocenters. The van der Waals surface area contributed by atoms with Crippen molar-refractivity contribution in [1.82, 2.24) is 15.5 Å². The second-order valence-corrected chi connectivity index (χ2v) is 11.5. The van der Waals surface area contributed by atoms with E-state index in [1.54, 1.807) is 24.3 Å². The Balaban J connectivity index is 1.03. The maximum absolute atomic E-state index is 12.4. The van der Waals surface area contributed by atoms with Gasteiger partial charge in [0.15, 0.2) is 0 Å². The topological polar surface area (TPSA) is 73.5 Å². The Hall–Kier alpha value is -1.70. The van der Waals surface area contributed by atoms with Gasteiger partial charge < -0.3 is 20.9 Å². The third-order valence-corrected chi connectivity index (χ3v) is 8.34. The quantitative estimate of drug-likeness (QED) is 0.263. The summed E-state index contributed by atoms with van der Waals surface area (Å²) in [6.07, 6.45) is 5.84. The van der Waals surface area contributed by atoms with E-state index in [1.807, 2.05) is 12.1 Å². The Labute approximate surface area is 238 Å². The highest BCUT2D eigenvalue weighted by Crippen LogP contribution is 2.48. The molecule has 0 aromatic heterocycles. The number of halogens is 4. The standard InChI is InChI=1S/C27H32Cl4N4O2/c28-18-5-7-25(24(31)15-18)34-27(37)33-19-8-12-35(13-9-19)11-3-1-2-10-32-26(36)21-16-20(21)17-4-6-22(29)23(30)14-17/h4-7,14-15,19-21H,1-3,8-13,16H2,(H,32,36)(H2,33,34,37)/t20-,21+/m0/s1. The summed E-state index contributed by atoms with van der Waals surface area (Å²) in [7, 11) is 0. The number of nitrogens with zero attached hydrogens (tertiary/aromatic N) is 1. The zero-order valence-corrected chi connectivity index (χ0v) is 23.6. The van der Waals surface area contributed by atoms with E-state index >= 15 is 0 Å². The Morgan fingerprint density at radius 2 is 1.68 bits per heavy atom. The predicted molar refractivity (Wildman–Crippen MR) is 152 cm³/mol. The highest BCUT2D eigenvalue weighted by atomic mass is 35.5. The van der Waals surface area contributed by atoms with E-state index < -0.39 is 0 Å². The number of carbonyl (C=O) groups is 2. The van der Waals surface area contributed by atoms with E-state index in [4.69, 9.17) is 46.4 Å². The molecule has 1 heterocycles. The molecule has 0 spiro atoms. The summed E-state index contributed by atoms with van der Waals surface area (Å²) >= 11 is 24.1. The average Bonchev–Trinajstić information content (AvgIpc) is 3.67. The second kappa shape index (κ2) is 13.4. The van der Waals surface area contributed by atoms with Crippen LogP contribution in [0, 0.1) is 5.92 Å². The van der Waals surface area contributed by atoms with E-state index in [0.29, 0.717) is 32.3 Å². The summed E-state index contributed by atoms with van der Waals surface area (Å²) in [6.45, 7) is 3.67. The minimum atomic E-state index is -0.251. The fourth-order valence-corrected chi connectivity index (χ4v) is 5.57. The van der Waals surface area contributed by atoms with Crippen LogP contribution in [0.4, 0.5) is 10.5 Å². The molecule has 1 aliphatic carbocycles. The minimum absolute atomic E-state index is 0.0393. The molecular formula is C27H32Cl4N4O2. The van der Waals surface area contributed by atoms with Gasteiger partial charge in [-0.3, -0.25) is 4.79 Å². The van der Waals surface area contributed by atoms with Gasteiger partial charge in [0.2, 0.25) is 5.91 Å². The average molecular weight is 586 g/mol. The van der Waals surface area contributed by atoms with Gasteiger partial charge in [-0.1, -0.05) is 58.9 Å². The lowest BCUT2D eigenvalue weighted by molar-refractivity contribution is -0.122. The lowest BCUT2D eigenvalue weighted by Crippen LogP contribution is -2.46. The van der Waals surface area contributed by atoms with Crippen molar-refractivity contribution >= 4 is 64.0 Å². The number of hydrogen-bond acceptors (Lipinski definition) is 3. The van der Waals surface area contributed by atoms with Crippen molar-refractivity contribution in [2.75, 3.05) is 31.5 Å². The van der Waals surface area contributed by atoms with Gasteiger partial charge in [-0.2, -0.15) is 0 Å². The Kier molecular flexibility index (Phi) is 10.2. The summed E-state index contributed by atoms with van der Waals surface area (Å²) in [6, 6.07) is 10.5. The molecule has 2 aromatic carbocycles. The van der Waals surface area contributed by atoms with Crippen molar-refractivity contribution in [2.45, 2.75) is 50.5 Å². The Morgan fingerprint density at radius 3 is 2.41 bits per heavy atom. The molecule has 1 aliphatic heterocycles. The van der Waals surface area contributed by atoms with E-state index in [2.05, 4.69) is 20.9 Å². The molecule has 0 radical (unpaired) electrons. The van der Waals surface area contributed by atoms with Crippen LogP contribution in [0.2, 0.25) is 20.1 Å². The number of carbonyl (C=O) groups excluding carboxylic acids is 2. The molecule has 1 saturated heterocycles. The number of urea groups is 1. The SMILES string of the molecule is O=C(Nc1ccc(Cl)cc1Cl)NC1CCN(CCCCCNC(=O)[C@@H]2C[C@H]2c2ccc(Cl)c(Cl)c2)CC1. The van der Waals surface area contributed by atoms with Gasteiger partial charge in [0.05, 0.1) is 20.8 Å². The minimum Gasteiger partial charge on any atom is -0.356 e. The zero-order chi connectivity index (χ0) is 26.4. The molecule has 0 bridgehead atoms. The normalized spacial score (nSPS) is 19.9. The third kappa shape index (κ3) is 8.39. The van der Waals surface area contributed by atoms with Crippen molar-refractivity contribution in [2.24, 2.45) is 5.92 Å². The molecule has 3 N–H and O–H groups in total. The monoisotopic (exact) mass is 584 g/mol. The Bertz CT molecular complexity index is 1110. The molecule has 3 amide bonds. The molecule has 37 heavy (non-hydrogen) atoms. The number of amides is 3. The number of hydrogen-bond donors (Lipinski definition) is 3. The van der Waals surface area contributed by atoms with Gasteiger partial charge in [-0.25, -0.2) is 4.79 Å². The van der Waals surface area contributed by atoms with Crippen LogP contribution >= 0.6 is 46.4 Å². The highest BCUT2D eigenvalue weighted by molar-refractivity contribution is 6.42. The summed E-state index contributed by atoms with van der Waals surface area (Å²) < 4.78 is 0. The van der Waals surface area contributed by atoms with Crippen molar-refractivity contribution in [3.63, 3.8) is 0 Å². The fraction of sp³-hybridized carbons (Fsp3) is 0.481. The molecule has 2 fully saturated rings. The summed E-state index contributed by atoms with van der Waals surface area (Å²) in [5, 5.41) is 10.9. The Morgan fingerprint density at radius 1 is 0.892 bits per heavy atom. The first-order valence-electron chi connectivity index (χ1n) is 12.8. The van der Waals surface area contributed by atoms with Gasteiger partial charge in [0.1, 0.15) is 0 Å². The van der Waals surface area contributed by atoms with Gasteiger partial charge in [0.25, 0.3) is 0 Å². The molecule has 6 nitrogen and oxygen atoms in total. The van der Waals surface area contributed by atoms with E-state index in [-0.39, 0.29) is 29.8 Å². The number of likely N-dealkylation sites (tertiary alicyclic amines) is 1. The molecule has 2 aliphatic rings. The number of rotatable bonds is 10. The number of unbranched alkanes of at least 4 members (excludes halogenated alkanes) is 2. The first-order valence-corrected chi connectivity index (χ1v) is 14.3. The molecule has 4 rings (SSSR count). The smallest absolute Gasteiger partial charge is 0.319 e. The van der Waals surface area contributed by atoms with Gasteiger partial charge in [0, 0.05) is 36.6 Å². The summed E-state index contributed by atoms with van der Waals surface area (Å²) in [5.74, 6) is 0.416. The number of piperidine rings is 1. The largest absolute Gasteiger partial charge is 0.356 e.